The Morgan fingerprint density at radius 2 is 2.00 bits per heavy atom. The number of piperidine rings is 1. The van der Waals surface area contributed by atoms with Crippen LogP contribution in [0, 0.1) is 0 Å². The number of β-amino-alcohol motifs (C(OH)–C–C–N with tert-alkyl or cyclic N) is 1. The van der Waals surface area contributed by atoms with Crippen molar-refractivity contribution in [2.75, 3.05) is 38.2 Å². The Hall–Kier alpha value is -2.39. The van der Waals surface area contributed by atoms with Gasteiger partial charge in [0.1, 0.15) is 11.4 Å². The van der Waals surface area contributed by atoms with Gasteiger partial charge in [-0.2, -0.15) is 4.98 Å². The molecule has 2 N–H and O–H groups in total. The number of hydrogen-bond donors (Lipinski definition) is 2. The number of fused-ring (bicyclic) bond motifs is 1. The van der Waals surface area contributed by atoms with Crippen LogP contribution in [0.2, 0.25) is 0 Å². The number of methoxy groups -OCH3 is 1. The minimum atomic E-state index is -0.547. The minimum absolute atomic E-state index is 0.0273. The zero-order valence-corrected chi connectivity index (χ0v) is 19.6. The fraction of sp³-hybridized carbons (Fsp3) is 0.696. The molecule has 1 atom stereocenters. The lowest BCUT2D eigenvalue weighted by molar-refractivity contribution is -0.119. The van der Waals surface area contributed by atoms with Gasteiger partial charge in [-0.15, -0.1) is 0 Å². The molecule has 1 aromatic rings. The van der Waals surface area contributed by atoms with Crippen LogP contribution in [0.25, 0.3) is 0 Å². The number of pyridine rings is 1. The standard InChI is InChI=1S/C23H36N4O5/c1-23(2,3)32-22(30)24-17-9-12-26(13-10-17)15-18(28)11-14-27-20(29)8-6-16-5-7-19(31-4)25-21(16)27/h5,7,17-18,28H,6,8-15H2,1-4H3,(H,24,30). The lowest BCUT2D eigenvalue weighted by atomic mass is 10.0. The van der Waals surface area contributed by atoms with Crippen LogP contribution in [-0.4, -0.2) is 78.0 Å². The highest BCUT2D eigenvalue weighted by Crippen LogP contribution is 2.28. The summed E-state index contributed by atoms with van der Waals surface area (Å²) < 4.78 is 10.5. The van der Waals surface area contributed by atoms with E-state index >= 15 is 0 Å². The largest absolute Gasteiger partial charge is 0.481 e. The number of aliphatic hydroxyl groups is 1. The smallest absolute Gasteiger partial charge is 0.407 e. The number of rotatable bonds is 7. The monoisotopic (exact) mass is 448 g/mol. The molecule has 0 aromatic carbocycles. The van der Waals surface area contributed by atoms with Crippen LogP contribution in [0.5, 0.6) is 5.88 Å². The second-order valence-corrected chi connectivity index (χ2v) is 9.55. The van der Waals surface area contributed by atoms with Crippen LogP contribution in [0.1, 0.15) is 52.0 Å². The summed E-state index contributed by atoms with van der Waals surface area (Å²) in [5.74, 6) is 1.15. The quantitative estimate of drug-likeness (QED) is 0.658. The molecule has 9 nitrogen and oxygen atoms in total. The molecule has 3 heterocycles. The van der Waals surface area contributed by atoms with Crippen molar-refractivity contribution in [3.63, 3.8) is 0 Å². The maximum atomic E-state index is 12.5. The Labute approximate surface area is 190 Å². The van der Waals surface area contributed by atoms with Crippen molar-refractivity contribution >= 4 is 17.8 Å². The number of aliphatic hydroxyl groups excluding tert-OH is 1. The van der Waals surface area contributed by atoms with E-state index in [1.807, 2.05) is 32.9 Å². The normalized spacial score (nSPS) is 18.8. The molecule has 0 saturated carbocycles. The van der Waals surface area contributed by atoms with Crippen LogP contribution in [0.3, 0.4) is 0 Å². The summed E-state index contributed by atoms with van der Waals surface area (Å²) in [4.78, 5) is 32.7. The minimum Gasteiger partial charge on any atom is -0.481 e. The SMILES string of the molecule is COc1ccc2c(n1)N(CCC(O)CN1CCC(NC(=O)OC(C)(C)C)CC1)C(=O)CC2. The lowest BCUT2D eigenvalue weighted by Gasteiger charge is -2.34. The number of amides is 2. The number of carbonyl (C=O) groups excluding carboxylic acids is 2. The zero-order valence-electron chi connectivity index (χ0n) is 19.6. The molecule has 2 amide bonds. The molecule has 2 aliphatic rings. The summed E-state index contributed by atoms with van der Waals surface area (Å²) in [7, 11) is 1.56. The number of aromatic nitrogens is 1. The molecule has 3 rings (SSSR count). The molecule has 2 aliphatic heterocycles. The van der Waals surface area contributed by atoms with Crippen molar-refractivity contribution < 1.29 is 24.2 Å². The Morgan fingerprint density at radius 3 is 2.66 bits per heavy atom. The Kier molecular flexibility index (Phi) is 7.95. The first-order valence-electron chi connectivity index (χ1n) is 11.4. The summed E-state index contributed by atoms with van der Waals surface area (Å²) in [6.45, 7) is 8.09. The maximum absolute atomic E-state index is 12.5. The van der Waals surface area contributed by atoms with Crippen LogP contribution in [0.15, 0.2) is 12.1 Å². The Morgan fingerprint density at radius 1 is 1.28 bits per heavy atom. The second kappa shape index (κ2) is 10.5. The van der Waals surface area contributed by atoms with Gasteiger partial charge < -0.3 is 24.8 Å². The van der Waals surface area contributed by atoms with Gasteiger partial charge in [0.25, 0.3) is 0 Å². The Balaban J connectivity index is 1.44. The summed E-state index contributed by atoms with van der Waals surface area (Å²) in [6, 6.07) is 3.84. The molecule has 0 aliphatic carbocycles. The van der Waals surface area contributed by atoms with E-state index in [0.29, 0.717) is 44.0 Å². The van der Waals surface area contributed by atoms with Crippen molar-refractivity contribution in [1.82, 2.24) is 15.2 Å². The lowest BCUT2D eigenvalue weighted by Crippen LogP contribution is -2.48. The second-order valence-electron chi connectivity index (χ2n) is 9.55. The first kappa shape index (κ1) is 24.3. The number of nitrogens with zero attached hydrogens (tertiary/aromatic N) is 3. The van der Waals surface area contributed by atoms with Gasteiger partial charge in [-0.05, 0) is 58.1 Å². The molecule has 0 radical (unpaired) electrons. The molecule has 32 heavy (non-hydrogen) atoms. The van der Waals surface area contributed by atoms with E-state index in [0.717, 1.165) is 31.5 Å². The average molecular weight is 449 g/mol. The molecule has 1 aromatic heterocycles. The molecule has 9 heteroatoms. The van der Waals surface area contributed by atoms with Gasteiger partial charge in [0.15, 0.2) is 0 Å². The fourth-order valence-corrected chi connectivity index (χ4v) is 4.13. The van der Waals surface area contributed by atoms with Gasteiger partial charge in [-0.25, -0.2) is 4.79 Å². The third kappa shape index (κ3) is 6.80. The Bertz CT molecular complexity index is 802. The number of ether oxygens (including phenoxy) is 2. The van der Waals surface area contributed by atoms with Crippen LogP contribution in [-0.2, 0) is 16.0 Å². The van der Waals surface area contributed by atoms with Crippen molar-refractivity contribution in [1.29, 1.82) is 0 Å². The third-order valence-corrected chi connectivity index (χ3v) is 5.77. The predicted octanol–water partition coefficient (Wildman–Crippen LogP) is 2.11. The summed E-state index contributed by atoms with van der Waals surface area (Å²) in [5.41, 5.74) is 0.519. The number of alkyl carbamates (subject to hydrolysis) is 1. The first-order valence-corrected chi connectivity index (χ1v) is 11.4. The van der Waals surface area contributed by atoms with Gasteiger partial charge in [0.05, 0.1) is 13.2 Å². The predicted molar refractivity (Wildman–Crippen MR) is 121 cm³/mol. The topological polar surface area (TPSA) is 104 Å². The van der Waals surface area contributed by atoms with E-state index < -0.39 is 11.7 Å². The fourth-order valence-electron chi connectivity index (χ4n) is 4.13. The van der Waals surface area contributed by atoms with Crippen molar-refractivity contribution in [2.45, 2.75) is 70.6 Å². The average Bonchev–Trinajstić information content (AvgIpc) is 2.72. The highest BCUT2D eigenvalue weighted by molar-refractivity contribution is 5.95. The number of carbonyl (C=O) groups is 2. The van der Waals surface area contributed by atoms with E-state index in [4.69, 9.17) is 9.47 Å². The molecule has 1 fully saturated rings. The number of anilines is 1. The van der Waals surface area contributed by atoms with Crippen molar-refractivity contribution in [3.8, 4) is 5.88 Å². The summed E-state index contributed by atoms with van der Waals surface area (Å²) in [5, 5.41) is 13.5. The maximum Gasteiger partial charge on any atom is 0.407 e. The van der Waals surface area contributed by atoms with E-state index in [1.165, 1.54) is 0 Å². The van der Waals surface area contributed by atoms with Crippen LogP contribution >= 0.6 is 0 Å². The van der Waals surface area contributed by atoms with Crippen LogP contribution in [0.4, 0.5) is 10.6 Å². The molecule has 0 spiro atoms. The van der Waals surface area contributed by atoms with E-state index in [1.54, 1.807) is 12.0 Å². The number of nitrogens with one attached hydrogen (secondary N) is 1. The molecule has 178 valence electrons. The van der Waals surface area contributed by atoms with E-state index in [-0.39, 0.29) is 18.0 Å². The number of hydrogen-bond acceptors (Lipinski definition) is 7. The van der Waals surface area contributed by atoms with Crippen LogP contribution < -0.4 is 15.0 Å². The van der Waals surface area contributed by atoms with Gasteiger partial charge in [0, 0.05) is 44.7 Å². The van der Waals surface area contributed by atoms with Gasteiger partial charge >= 0.3 is 6.09 Å². The summed E-state index contributed by atoms with van der Waals surface area (Å²) >= 11 is 0. The molecule has 0 bridgehead atoms. The highest BCUT2D eigenvalue weighted by atomic mass is 16.6. The number of aryl methyl sites for hydroxylation is 1. The van der Waals surface area contributed by atoms with Gasteiger partial charge in [0.2, 0.25) is 11.8 Å². The first-order chi connectivity index (χ1) is 15.1. The van der Waals surface area contributed by atoms with E-state index in [2.05, 4.69) is 15.2 Å². The molecule has 1 saturated heterocycles. The third-order valence-electron chi connectivity index (χ3n) is 5.77. The van der Waals surface area contributed by atoms with Gasteiger partial charge in [-0.3, -0.25) is 9.69 Å². The van der Waals surface area contributed by atoms with Crippen molar-refractivity contribution in [2.24, 2.45) is 0 Å². The van der Waals surface area contributed by atoms with Crippen molar-refractivity contribution in [3.05, 3.63) is 17.7 Å². The molecule has 1 unspecified atom stereocenters. The number of likely N-dealkylation sites (tertiary alicyclic amines) is 1. The molecular formula is C23H36N4O5. The van der Waals surface area contributed by atoms with Gasteiger partial charge in [-0.1, -0.05) is 0 Å². The highest BCUT2D eigenvalue weighted by Gasteiger charge is 2.28. The van der Waals surface area contributed by atoms with E-state index in [9.17, 15) is 14.7 Å². The summed E-state index contributed by atoms with van der Waals surface area (Å²) in [6.07, 6.45) is 2.30. The molecular weight excluding hydrogens is 412 g/mol. The zero-order chi connectivity index (χ0) is 23.3.